The molecule has 0 saturated heterocycles. The third-order valence-electron chi connectivity index (χ3n) is 2.34. The maximum Gasteiger partial charge on any atom is 0.123 e. The van der Waals surface area contributed by atoms with Gasteiger partial charge in [0, 0.05) is 11.2 Å². The van der Waals surface area contributed by atoms with Gasteiger partial charge in [0.15, 0.2) is 0 Å². The summed E-state index contributed by atoms with van der Waals surface area (Å²) in [5, 5.41) is 9.42. The number of hydrogen-bond acceptors (Lipinski definition) is 3. The predicted octanol–water partition coefficient (Wildman–Crippen LogP) is 2.78. The fraction of sp³-hybridized carbons (Fsp3) is 0.0769. The Balaban J connectivity index is 2.27. The smallest absolute Gasteiger partial charge is 0.123 e. The Morgan fingerprint density at radius 2 is 2.06 bits per heavy atom. The molecule has 0 amide bonds. The van der Waals surface area contributed by atoms with Gasteiger partial charge in [-0.15, -0.1) is 0 Å². The third kappa shape index (κ3) is 2.96. The molecule has 0 spiro atoms. The average molecular weight is 244 g/mol. The maximum absolute atomic E-state index is 8.85. The van der Waals surface area contributed by atoms with Gasteiger partial charge in [-0.1, -0.05) is 17.7 Å². The Hall–Kier alpha value is -2.05. The van der Waals surface area contributed by atoms with Crippen molar-refractivity contribution in [2.24, 2.45) is 0 Å². The highest BCUT2D eigenvalue weighted by Crippen LogP contribution is 2.17. The predicted molar refractivity (Wildman–Crippen MR) is 67.6 cm³/mol. The fourth-order valence-corrected chi connectivity index (χ4v) is 1.85. The van der Waals surface area contributed by atoms with Crippen molar-refractivity contribution in [3.05, 3.63) is 58.2 Å². The summed E-state index contributed by atoms with van der Waals surface area (Å²) in [5.74, 6) is 0.498. The molecule has 1 heterocycles. The van der Waals surface area contributed by atoms with Crippen LogP contribution in [-0.4, -0.2) is 4.98 Å². The molecule has 0 atom stereocenters. The van der Waals surface area contributed by atoms with Gasteiger partial charge in [-0.25, -0.2) is 4.98 Å². The monoisotopic (exact) mass is 243 g/mol. The molecule has 0 saturated carbocycles. The maximum atomic E-state index is 8.85. The first kappa shape index (κ1) is 11.4. The number of rotatable bonds is 2. The summed E-state index contributed by atoms with van der Waals surface area (Å²) in [6.07, 6.45) is 2.41. The summed E-state index contributed by atoms with van der Waals surface area (Å²) in [7, 11) is 0. The van der Waals surface area contributed by atoms with Gasteiger partial charge in [-0.3, -0.25) is 0 Å². The lowest BCUT2D eigenvalue weighted by Crippen LogP contribution is -1.93. The SMILES string of the molecule is N#Cc1cc(Cl)cc(Cc2ccc(N)nc2)c1. The molecule has 4 heteroatoms. The van der Waals surface area contributed by atoms with Gasteiger partial charge in [-0.05, 0) is 41.8 Å². The number of anilines is 1. The summed E-state index contributed by atoms with van der Waals surface area (Å²) in [6.45, 7) is 0. The molecule has 84 valence electrons. The first-order valence-corrected chi connectivity index (χ1v) is 5.45. The lowest BCUT2D eigenvalue weighted by atomic mass is 10.0. The minimum Gasteiger partial charge on any atom is -0.384 e. The zero-order valence-electron chi connectivity index (χ0n) is 9.02. The number of nitriles is 1. The fourth-order valence-electron chi connectivity index (χ4n) is 1.59. The first-order chi connectivity index (χ1) is 8.17. The van der Waals surface area contributed by atoms with Crippen LogP contribution in [-0.2, 0) is 6.42 Å². The molecule has 0 aliphatic rings. The van der Waals surface area contributed by atoms with Crippen LogP contribution < -0.4 is 5.73 Å². The number of nitrogens with two attached hydrogens (primary N) is 1. The Kier molecular flexibility index (Phi) is 3.27. The van der Waals surface area contributed by atoms with E-state index in [1.165, 1.54) is 0 Å². The van der Waals surface area contributed by atoms with Crippen molar-refractivity contribution in [3.8, 4) is 6.07 Å². The Morgan fingerprint density at radius 1 is 1.24 bits per heavy atom. The van der Waals surface area contributed by atoms with Crippen molar-refractivity contribution in [1.29, 1.82) is 5.26 Å². The molecular weight excluding hydrogens is 234 g/mol. The molecule has 2 aromatic rings. The number of aromatic nitrogens is 1. The van der Waals surface area contributed by atoms with E-state index in [0.717, 1.165) is 11.1 Å². The molecular formula is C13H10ClN3. The zero-order chi connectivity index (χ0) is 12.3. The van der Waals surface area contributed by atoms with Crippen molar-refractivity contribution in [3.63, 3.8) is 0 Å². The van der Waals surface area contributed by atoms with E-state index in [0.29, 0.717) is 22.8 Å². The van der Waals surface area contributed by atoms with E-state index in [2.05, 4.69) is 11.1 Å². The van der Waals surface area contributed by atoms with Crippen molar-refractivity contribution in [2.75, 3.05) is 5.73 Å². The van der Waals surface area contributed by atoms with Crippen LogP contribution in [0.2, 0.25) is 5.02 Å². The van der Waals surface area contributed by atoms with Crippen LogP contribution in [0.5, 0.6) is 0 Å². The minimum atomic E-state index is 0.498. The van der Waals surface area contributed by atoms with Crippen LogP contribution in [0, 0.1) is 11.3 Å². The molecule has 0 unspecified atom stereocenters. The number of benzene rings is 1. The molecule has 2 N–H and O–H groups in total. The van der Waals surface area contributed by atoms with Gasteiger partial charge in [-0.2, -0.15) is 5.26 Å². The van der Waals surface area contributed by atoms with Crippen molar-refractivity contribution in [2.45, 2.75) is 6.42 Å². The Morgan fingerprint density at radius 3 is 2.71 bits per heavy atom. The second-order valence-corrected chi connectivity index (χ2v) is 4.16. The van der Waals surface area contributed by atoms with E-state index in [1.54, 1.807) is 18.3 Å². The van der Waals surface area contributed by atoms with E-state index in [4.69, 9.17) is 22.6 Å². The van der Waals surface area contributed by atoms with Gasteiger partial charge in [0.25, 0.3) is 0 Å². The first-order valence-electron chi connectivity index (χ1n) is 5.07. The highest BCUT2D eigenvalue weighted by molar-refractivity contribution is 6.30. The van der Waals surface area contributed by atoms with Crippen LogP contribution in [0.15, 0.2) is 36.5 Å². The largest absolute Gasteiger partial charge is 0.384 e. The summed E-state index contributed by atoms with van der Waals surface area (Å²) in [6, 6.07) is 11.1. The van der Waals surface area contributed by atoms with Gasteiger partial charge >= 0.3 is 0 Å². The molecule has 3 nitrogen and oxygen atoms in total. The Bertz CT molecular complexity index is 570. The van der Waals surface area contributed by atoms with Gasteiger partial charge in [0.1, 0.15) is 5.82 Å². The molecule has 17 heavy (non-hydrogen) atoms. The normalized spacial score (nSPS) is 9.88. The van der Waals surface area contributed by atoms with E-state index in [1.807, 2.05) is 18.2 Å². The van der Waals surface area contributed by atoms with E-state index < -0.39 is 0 Å². The van der Waals surface area contributed by atoms with E-state index in [-0.39, 0.29) is 0 Å². The molecule has 1 aromatic heterocycles. The molecule has 1 aromatic carbocycles. The molecule has 0 radical (unpaired) electrons. The molecule has 0 bridgehead atoms. The van der Waals surface area contributed by atoms with E-state index in [9.17, 15) is 0 Å². The molecule has 0 fully saturated rings. The van der Waals surface area contributed by atoms with Crippen LogP contribution in [0.25, 0.3) is 0 Å². The third-order valence-corrected chi connectivity index (χ3v) is 2.56. The van der Waals surface area contributed by atoms with Crippen molar-refractivity contribution >= 4 is 17.4 Å². The molecule has 2 rings (SSSR count). The number of nitrogens with zero attached hydrogens (tertiary/aromatic N) is 2. The Labute approximate surface area is 104 Å². The van der Waals surface area contributed by atoms with Crippen LogP contribution >= 0.6 is 11.6 Å². The van der Waals surface area contributed by atoms with Crippen LogP contribution in [0.3, 0.4) is 0 Å². The van der Waals surface area contributed by atoms with Gasteiger partial charge in [0.05, 0.1) is 11.6 Å². The summed E-state index contributed by atoms with van der Waals surface area (Å²) in [5.41, 5.74) is 8.10. The summed E-state index contributed by atoms with van der Waals surface area (Å²) in [4.78, 5) is 4.02. The second-order valence-electron chi connectivity index (χ2n) is 3.73. The summed E-state index contributed by atoms with van der Waals surface area (Å²) < 4.78 is 0. The van der Waals surface area contributed by atoms with Crippen LogP contribution in [0.4, 0.5) is 5.82 Å². The molecule has 0 aliphatic carbocycles. The standard InChI is InChI=1S/C13H10ClN3/c14-12-5-10(4-11(6-12)7-15)3-9-1-2-13(16)17-8-9/h1-2,4-6,8H,3H2,(H2,16,17). The van der Waals surface area contributed by atoms with Crippen LogP contribution in [0.1, 0.15) is 16.7 Å². The highest BCUT2D eigenvalue weighted by Gasteiger charge is 2.01. The van der Waals surface area contributed by atoms with Gasteiger partial charge < -0.3 is 5.73 Å². The van der Waals surface area contributed by atoms with Crippen molar-refractivity contribution < 1.29 is 0 Å². The second kappa shape index (κ2) is 4.86. The number of halogens is 1. The quantitative estimate of drug-likeness (QED) is 0.882. The summed E-state index contributed by atoms with van der Waals surface area (Å²) >= 11 is 5.93. The zero-order valence-corrected chi connectivity index (χ0v) is 9.78. The van der Waals surface area contributed by atoms with E-state index >= 15 is 0 Å². The average Bonchev–Trinajstić information content (AvgIpc) is 2.31. The topological polar surface area (TPSA) is 62.7 Å². The number of nitrogen functional groups attached to an aromatic ring is 1. The lowest BCUT2D eigenvalue weighted by molar-refractivity contribution is 1.15. The van der Waals surface area contributed by atoms with Gasteiger partial charge in [0.2, 0.25) is 0 Å². The molecule has 0 aliphatic heterocycles. The minimum absolute atomic E-state index is 0.498. The number of hydrogen-bond donors (Lipinski definition) is 1. The van der Waals surface area contributed by atoms with Crippen molar-refractivity contribution in [1.82, 2.24) is 4.98 Å². The lowest BCUT2D eigenvalue weighted by Gasteiger charge is -2.03. The highest BCUT2D eigenvalue weighted by atomic mass is 35.5. The number of pyridine rings is 1.